The third kappa shape index (κ3) is 7.37. The highest BCUT2D eigenvalue weighted by Crippen LogP contribution is 2.28. The van der Waals surface area contributed by atoms with E-state index in [4.69, 9.17) is 5.11 Å². The molecule has 1 saturated carbocycles. The lowest BCUT2D eigenvalue weighted by Crippen LogP contribution is -2.05. The lowest BCUT2D eigenvalue weighted by Gasteiger charge is -2.21. The first-order chi connectivity index (χ1) is 11.8. The van der Waals surface area contributed by atoms with Crippen LogP contribution in [0.25, 0.3) is 0 Å². The Hall–Kier alpha value is -1.51. The Morgan fingerprint density at radius 3 is 2.21 bits per heavy atom. The van der Waals surface area contributed by atoms with Crippen molar-refractivity contribution in [1.82, 2.24) is 0 Å². The molecule has 0 amide bonds. The van der Waals surface area contributed by atoms with Gasteiger partial charge in [-0.3, -0.25) is 0 Å². The minimum Gasteiger partial charge on any atom is -0.478 e. The van der Waals surface area contributed by atoms with Crippen LogP contribution >= 0.6 is 0 Å². The van der Waals surface area contributed by atoms with Crippen LogP contribution in [0.15, 0.2) is 24.3 Å². The number of nitrogens with one attached hydrogen (secondary N) is 1. The van der Waals surface area contributed by atoms with E-state index in [-0.39, 0.29) is 0 Å². The highest BCUT2D eigenvalue weighted by atomic mass is 16.4. The van der Waals surface area contributed by atoms with E-state index in [9.17, 15) is 4.79 Å². The van der Waals surface area contributed by atoms with Gasteiger partial charge in [-0.05, 0) is 36.6 Å². The number of aromatic carboxylic acids is 1. The molecule has 24 heavy (non-hydrogen) atoms. The van der Waals surface area contributed by atoms with Crippen LogP contribution in [0.5, 0.6) is 0 Å². The Labute approximate surface area is 146 Å². The summed E-state index contributed by atoms with van der Waals surface area (Å²) in [5.41, 5.74) is 1.35. The van der Waals surface area contributed by atoms with Crippen molar-refractivity contribution < 1.29 is 9.90 Å². The Morgan fingerprint density at radius 1 is 0.917 bits per heavy atom. The summed E-state index contributed by atoms with van der Waals surface area (Å²) in [6.07, 6.45) is 16.9. The molecule has 0 heterocycles. The lowest BCUT2D eigenvalue weighted by atomic mass is 9.85. The SMILES string of the molecule is O=C(O)c1ccc(NCCCCCCCCC2CCCCC2)cc1. The maximum absolute atomic E-state index is 10.8. The molecule has 0 spiro atoms. The van der Waals surface area contributed by atoms with E-state index in [0.29, 0.717) is 5.56 Å². The van der Waals surface area contributed by atoms with Gasteiger partial charge in [0.15, 0.2) is 0 Å². The van der Waals surface area contributed by atoms with Gasteiger partial charge in [-0.1, -0.05) is 70.6 Å². The van der Waals surface area contributed by atoms with Crippen molar-refractivity contribution in [2.45, 2.75) is 77.0 Å². The summed E-state index contributed by atoms with van der Waals surface area (Å²) >= 11 is 0. The predicted octanol–water partition coefficient (Wildman–Crippen LogP) is 6.11. The van der Waals surface area contributed by atoms with E-state index in [2.05, 4.69) is 5.32 Å². The van der Waals surface area contributed by atoms with Crippen molar-refractivity contribution in [2.24, 2.45) is 5.92 Å². The standard InChI is InChI=1S/C21H33NO2/c23-21(24)19-13-15-20(16-14-19)22-17-9-4-2-1-3-6-10-18-11-7-5-8-12-18/h13-16,18,22H,1-12,17H2,(H,23,24). The molecule has 1 aliphatic rings. The molecule has 0 saturated heterocycles. The fraction of sp³-hybridized carbons (Fsp3) is 0.667. The first-order valence-electron chi connectivity index (χ1n) is 9.83. The zero-order valence-corrected chi connectivity index (χ0v) is 14.9. The molecule has 0 bridgehead atoms. The molecule has 0 aromatic heterocycles. The molecule has 1 aromatic carbocycles. The van der Waals surface area contributed by atoms with Crippen LogP contribution in [0, 0.1) is 5.92 Å². The molecule has 3 heteroatoms. The van der Waals surface area contributed by atoms with Crippen LogP contribution in [-0.2, 0) is 0 Å². The van der Waals surface area contributed by atoms with Crippen LogP contribution in [0.4, 0.5) is 5.69 Å². The smallest absolute Gasteiger partial charge is 0.335 e. The van der Waals surface area contributed by atoms with Gasteiger partial charge >= 0.3 is 5.97 Å². The summed E-state index contributed by atoms with van der Waals surface area (Å²) < 4.78 is 0. The lowest BCUT2D eigenvalue weighted by molar-refractivity contribution is 0.0697. The quantitative estimate of drug-likeness (QED) is 0.481. The first-order valence-corrected chi connectivity index (χ1v) is 9.83. The largest absolute Gasteiger partial charge is 0.478 e. The number of anilines is 1. The summed E-state index contributed by atoms with van der Waals surface area (Å²) in [7, 11) is 0. The van der Waals surface area contributed by atoms with Gasteiger partial charge < -0.3 is 10.4 Å². The van der Waals surface area contributed by atoms with Crippen molar-refractivity contribution in [1.29, 1.82) is 0 Å². The molecule has 1 fully saturated rings. The minimum absolute atomic E-state index is 0.341. The Morgan fingerprint density at radius 2 is 1.54 bits per heavy atom. The van der Waals surface area contributed by atoms with Crippen LogP contribution in [0.1, 0.15) is 87.4 Å². The van der Waals surface area contributed by atoms with E-state index in [1.807, 2.05) is 12.1 Å². The zero-order valence-electron chi connectivity index (χ0n) is 14.9. The van der Waals surface area contributed by atoms with E-state index in [1.54, 1.807) is 12.1 Å². The molecule has 0 aliphatic heterocycles. The van der Waals surface area contributed by atoms with Gasteiger partial charge in [-0.15, -0.1) is 0 Å². The number of benzene rings is 1. The fourth-order valence-corrected chi connectivity index (χ4v) is 3.70. The van der Waals surface area contributed by atoms with Gasteiger partial charge in [-0.2, -0.15) is 0 Å². The molecular weight excluding hydrogens is 298 g/mol. The second-order valence-corrected chi connectivity index (χ2v) is 7.22. The third-order valence-corrected chi connectivity index (χ3v) is 5.22. The van der Waals surface area contributed by atoms with E-state index in [1.165, 1.54) is 77.0 Å². The number of carboxylic acids is 1. The Kier molecular flexibility index (Phi) is 8.72. The number of hydrogen-bond donors (Lipinski definition) is 2. The summed E-state index contributed by atoms with van der Waals surface area (Å²) in [6, 6.07) is 6.98. The molecule has 0 atom stereocenters. The van der Waals surface area contributed by atoms with E-state index >= 15 is 0 Å². The van der Waals surface area contributed by atoms with Crippen LogP contribution in [0.3, 0.4) is 0 Å². The van der Waals surface area contributed by atoms with E-state index in [0.717, 1.165) is 18.2 Å². The van der Waals surface area contributed by atoms with E-state index < -0.39 is 5.97 Å². The molecule has 2 N–H and O–H groups in total. The van der Waals surface area contributed by atoms with Gasteiger partial charge in [0, 0.05) is 12.2 Å². The molecule has 1 aromatic rings. The van der Waals surface area contributed by atoms with Crippen LogP contribution in [-0.4, -0.2) is 17.6 Å². The molecular formula is C21H33NO2. The monoisotopic (exact) mass is 331 g/mol. The molecule has 3 nitrogen and oxygen atoms in total. The fourth-order valence-electron chi connectivity index (χ4n) is 3.70. The minimum atomic E-state index is -0.870. The molecule has 0 unspecified atom stereocenters. The number of rotatable bonds is 11. The Bertz CT molecular complexity index is 463. The van der Waals surface area contributed by atoms with Gasteiger partial charge in [0.05, 0.1) is 5.56 Å². The number of unbranched alkanes of at least 4 members (excludes halogenated alkanes) is 5. The molecule has 134 valence electrons. The van der Waals surface area contributed by atoms with Crippen molar-refractivity contribution in [3.8, 4) is 0 Å². The van der Waals surface area contributed by atoms with Crippen LogP contribution in [0.2, 0.25) is 0 Å². The predicted molar refractivity (Wildman–Crippen MR) is 101 cm³/mol. The van der Waals surface area contributed by atoms with Crippen LogP contribution < -0.4 is 5.32 Å². The summed E-state index contributed by atoms with van der Waals surface area (Å²) in [6.45, 7) is 0.967. The highest BCUT2D eigenvalue weighted by Gasteiger charge is 2.12. The summed E-state index contributed by atoms with van der Waals surface area (Å²) in [5.74, 6) is 0.167. The van der Waals surface area contributed by atoms with Crippen molar-refractivity contribution in [2.75, 3.05) is 11.9 Å². The molecule has 1 aliphatic carbocycles. The maximum atomic E-state index is 10.8. The normalized spacial score (nSPS) is 15.3. The van der Waals surface area contributed by atoms with Crippen molar-refractivity contribution >= 4 is 11.7 Å². The van der Waals surface area contributed by atoms with Gasteiger partial charge in [-0.25, -0.2) is 4.79 Å². The molecule has 0 radical (unpaired) electrons. The number of carbonyl (C=O) groups is 1. The van der Waals surface area contributed by atoms with Gasteiger partial charge in [0.25, 0.3) is 0 Å². The summed E-state index contributed by atoms with van der Waals surface area (Å²) in [4.78, 5) is 10.8. The maximum Gasteiger partial charge on any atom is 0.335 e. The Balaban J connectivity index is 1.41. The van der Waals surface area contributed by atoms with Crippen molar-refractivity contribution in [3.63, 3.8) is 0 Å². The number of hydrogen-bond acceptors (Lipinski definition) is 2. The third-order valence-electron chi connectivity index (χ3n) is 5.22. The van der Waals surface area contributed by atoms with Gasteiger partial charge in [0.1, 0.15) is 0 Å². The number of carboxylic acid groups (broad SMARTS) is 1. The first kappa shape index (κ1) is 18.8. The summed E-state index contributed by atoms with van der Waals surface area (Å²) in [5, 5.41) is 12.2. The topological polar surface area (TPSA) is 49.3 Å². The molecule has 2 rings (SSSR count). The average molecular weight is 332 g/mol. The second-order valence-electron chi connectivity index (χ2n) is 7.22. The highest BCUT2D eigenvalue weighted by molar-refractivity contribution is 5.87. The second kappa shape index (κ2) is 11.1. The zero-order chi connectivity index (χ0) is 17.0. The van der Waals surface area contributed by atoms with Gasteiger partial charge in [0.2, 0.25) is 0 Å². The average Bonchev–Trinajstić information content (AvgIpc) is 2.61. The van der Waals surface area contributed by atoms with Crippen molar-refractivity contribution in [3.05, 3.63) is 29.8 Å².